The van der Waals surface area contributed by atoms with Crippen LogP contribution in [0.15, 0.2) is 0 Å². The standard InChI is InChI=1S/C9H22N2/c1-3-4-5-8-11-9-6-7-10-2/h10-11H,3-9H2,1-2H3. The van der Waals surface area contributed by atoms with Crippen molar-refractivity contribution >= 4 is 0 Å². The van der Waals surface area contributed by atoms with Crippen LogP contribution < -0.4 is 10.6 Å². The molecule has 2 N–H and O–H groups in total. The molecule has 0 aliphatic carbocycles. The lowest BCUT2D eigenvalue weighted by Gasteiger charge is -2.02. The molecule has 0 aromatic heterocycles. The highest BCUT2D eigenvalue weighted by molar-refractivity contribution is 4.49. The lowest BCUT2D eigenvalue weighted by atomic mass is 10.2. The summed E-state index contributed by atoms with van der Waals surface area (Å²) >= 11 is 0. The first-order valence-electron chi connectivity index (χ1n) is 4.77. The molecule has 0 heterocycles. The van der Waals surface area contributed by atoms with E-state index in [1.165, 1.54) is 32.2 Å². The Hall–Kier alpha value is -0.0800. The summed E-state index contributed by atoms with van der Waals surface area (Å²) in [7, 11) is 2.00. The van der Waals surface area contributed by atoms with E-state index in [2.05, 4.69) is 17.6 Å². The zero-order valence-corrected chi connectivity index (χ0v) is 7.95. The molecule has 2 nitrogen and oxygen atoms in total. The summed E-state index contributed by atoms with van der Waals surface area (Å²) in [6.07, 6.45) is 5.25. The third-order valence-electron chi connectivity index (χ3n) is 1.74. The second-order valence-electron chi connectivity index (χ2n) is 2.91. The average Bonchev–Trinajstić information content (AvgIpc) is 2.03. The zero-order chi connectivity index (χ0) is 8.36. The SMILES string of the molecule is CCCCCNCCCNC. The van der Waals surface area contributed by atoms with E-state index in [1.54, 1.807) is 0 Å². The summed E-state index contributed by atoms with van der Waals surface area (Å²) in [5, 5.41) is 6.54. The summed E-state index contributed by atoms with van der Waals surface area (Å²) in [5.74, 6) is 0. The zero-order valence-electron chi connectivity index (χ0n) is 7.95. The minimum atomic E-state index is 1.13. The summed E-state index contributed by atoms with van der Waals surface area (Å²) < 4.78 is 0. The van der Waals surface area contributed by atoms with Crippen LogP contribution in [0.5, 0.6) is 0 Å². The van der Waals surface area contributed by atoms with E-state index in [9.17, 15) is 0 Å². The van der Waals surface area contributed by atoms with Crippen molar-refractivity contribution < 1.29 is 0 Å². The predicted octanol–water partition coefficient (Wildman–Crippen LogP) is 1.38. The minimum Gasteiger partial charge on any atom is -0.320 e. The van der Waals surface area contributed by atoms with Crippen molar-refractivity contribution in [2.24, 2.45) is 0 Å². The minimum absolute atomic E-state index is 1.13. The fourth-order valence-electron chi connectivity index (χ4n) is 1.02. The van der Waals surface area contributed by atoms with E-state index in [0.717, 1.165) is 13.1 Å². The fourth-order valence-corrected chi connectivity index (χ4v) is 1.02. The fraction of sp³-hybridized carbons (Fsp3) is 1.00. The molecule has 0 amide bonds. The van der Waals surface area contributed by atoms with Gasteiger partial charge in [-0.05, 0) is 39.5 Å². The van der Waals surface area contributed by atoms with Crippen LogP contribution in [0.3, 0.4) is 0 Å². The van der Waals surface area contributed by atoms with Gasteiger partial charge in [-0.25, -0.2) is 0 Å². The van der Waals surface area contributed by atoms with Crippen LogP contribution in [0, 0.1) is 0 Å². The number of rotatable bonds is 8. The van der Waals surface area contributed by atoms with Crippen LogP contribution >= 0.6 is 0 Å². The van der Waals surface area contributed by atoms with E-state index >= 15 is 0 Å². The maximum Gasteiger partial charge on any atom is -0.00368 e. The Morgan fingerprint density at radius 3 is 2.27 bits per heavy atom. The van der Waals surface area contributed by atoms with Crippen LogP contribution in [-0.4, -0.2) is 26.7 Å². The van der Waals surface area contributed by atoms with Gasteiger partial charge in [-0.1, -0.05) is 19.8 Å². The molecular weight excluding hydrogens is 136 g/mol. The lowest BCUT2D eigenvalue weighted by molar-refractivity contribution is 0.588. The molecule has 0 aromatic rings. The van der Waals surface area contributed by atoms with Crippen molar-refractivity contribution in [2.75, 3.05) is 26.7 Å². The summed E-state index contributed by atoms with van der Waals surface area (Å²) in [4.78, 5) is 0. The van der Waals surface area contributed by atoms with Gasteiger partial charge in [0.2, 0.25) is 0 Å². The largest absolute Gasteiger partial charge is 0.320 e. The highest BCUT2D eigenvalue weighted by Gasteiger charge is 1.86. The molecule has 0 bridgehead atoms. The monoisotopic (exact) mass is 158 g/mol. The van der Waals surface area contributed by atoms with Crippen molar-refractivity contribution in [1.82, 2.24) is 10.6 Å². The molecule has 0 saturated heterocycles. The Labute approximate surface area is 70.8 Å². The first kappa shape index (κ1) is 10.9. The van der Waals surface area contributed by atoms with Crippen LogP contribution in [0.1, 0.15) is 32.6 Å². The first-order chi connectivity index (χ1) is 5.41. The Morgan fingerprint density at radius 1 is 0.909 bits per heavy atom. The maximum atomic E-state index is 3.42. The average molecular weight is 158 g/mol. The molecule has 0 radical (unpaired) electrons. The van der Waals surface area contributed by atoms with Gasteiger partial charge in [-0.15, -0.1) is 0 Å². The van der Waals surface area contributed by atoms with Crippen LogP contribution in [0.2, 0.25) is 0 Å². The molecular formula is C9H22N2. The smallest absolute Gasteiger partial charge is 0.00368 e. The molecule has 0 aliphatic rings. The van der Waals surface area contributed by atoms with Crippen LogP contribution in [0.4, 0.5) is 0 Å². The molecule has 0 aliphatic heterocycles. The van der Waals surface area contributed by atoms with Gasteiger partial charge >= 0.3 is 0 Å². The van der Waals surface area contributed by atoms with Crippen molar-refractivity contribution in [3.05, 3.63) is 0 Å². The van der Waals surface area contributed by atoms with E-state index in [0.29, 0.717) is 0 Å². The highest BCUT2D eigenvalue weighted by Crippen LogP contribution is 1.90. The van der Waals surface area contributed by atoms with Gasteiger partial charge < -0.3 is 10.6 Å². The molecule has 0 atom stereocenters. The Bertz CT molecular complexity index is 56.6. The van der Waals surface area contributed by atoms with E-state index in [1.807, 2.05) is 7.05 Å². The molecule has 0 aromatic carbocycles. The Morgan fingerprint density at radius 2 is 1.64 bits per heavy atom. The maximum absolute atomic E-state index is 3.42. The highest BCUT2D eigenvalue weighted by atomic mass is 14.9. The molecule has 68 valence electrons. The second kappa shape index (κ2) is 9.92. The van der Waals surface area contributed by atoms with Gasteiger partial charge in [-0.3, -0.25) is 0 Å². The summed E-state index contributed by atoms with van der Waals surface area (Å²) in [5.41, 5.74) is 0. The molecule has 0 saturated carbocycles. The topological polar surface area (TPSA) is 24.1 Å². The second-order valence-corrected chi connectivity index (χ2v) is 2.91. The van der Waals surface area contributed by atoms with Gasteiger partial charge in [0.25, 0.3) is 0 Å². The van der Waals surface area contributed by atoms with Crippen molar-refractivity contribution in [2.45, 2.75) is 32.6 Å². The van der Waals surface area contributed by atoms with Crippen molar-refractivity contribution in [1.29, 1.82) is 0 Å². The van der Waals surface area contributed by atoms with Gasteiger partial charge in [0.05, 0.1) is 0 Å². The number of hydrogen-bond donors (Lipinski definition) is 2. The third-order valence-corrected chi connectivity index (χ3v) is 1.74. The van der Waals surface area contributed by atoms with Crippen LogP contribution in [-0.2, 0) is 0 Å². The quantitative estimate of drug-likeness (QED) is 0.521. The number of unbranched alkanes of at least 4 members (excludes halogenated alkanes) is 2. The Balaban J connectivity index is 2.69. The van der Waals surface area contributed by atoms with E-state index < -0.39 is 0 Å². The lowest BCUT2D eigenvalue weighted by Crippen LogP contribution is -2.20. The molecule has 0 spiro atoms. The number of hydrogen-bond acceptors (Lipinski definition) is 2. The summed E-state index contributed by atoms with van der Waals surface area (Å²) in [6.45, 7) is 5.71. The molecule has 2 heteroatoms. The number of nitrogens with one attached hydrogen (secondary N) is 2. The van der Waals surface area contributed by atoms with Gasteiger partial charge in [0.15, 0.2) is 0 Å². The van der Waals surface area contributed by atoms with E-state index in [-0.39, 0.29) is 0 Å². The third kappa shape index (κ3) is 9.92. The van der Waals surface area contributed by atoms with Crippen molar-refractivity contribution in [3.8, 4) is 0 Å². The first-order valence-corrected chi connectivity index (χ1v) is 4.77. The van der Waals surface area contributed by atoms with E-state index in [4.69, 9.17) is 0 Å². The van der Waals surface area contributed by atoms with Crippen LogP contribution in [0.25, 0.3) is 0 Å². The predicted molar refractivity (Wildman–Crippen MR) is 50.9 cm³/mol. The van der Waals surface area contributed by atoms with Crippen molar-refractivity contribution in [3.63, 3.8) is 0 Å². The summed E-state index contributed by atoms with van der Waals surface area (Å²) in [6, 6.07) is 0. The molecule has 11 heavy (non-hydrogen) atoms. The van der Waals surface area contributed by atoms with Gasteiger partial charge in [0.1, 0.15) is 0 Å². The Kier molecular flexibility index (Phi) is 9.85. The molecule has 0 unspecified atom stereocenters. The van der Waals surface area contributed by atoms with Gasteiger partial charge in [0, 0.05) is 0 Å². The van der Waals surface area contributed by atoms with Gasteiger partial charge in [-0.2, -0.15) is 0 Å². The normalized spacial score (nSPS) is 10.4. The molecule has 0 rings (SSSR count). The molecule has 0 fully saturated rings.